The van der Waals surface area contributed by atoms with Crippen LogP contribution in [-0.4, -0.2) is 28.5 Å². The van der Waals surface area contributed by atoms with E-state index < -0.39 is 0 Å². The summed E-state index contributed by atoms with van der Waals surface area (Å²) in [5, 5.41) is 3.40. The van der Waals surface area contributed by atoms with Gasteiger partial charge in [0.25, 0.3) is 5.91 Å². The molecule has 4 rings (SSSR count). The summed E-state index contributed by atoms with van der Waals surface area (Å²) in [6.07, 6.45) is 10.2. The van der Waals surface area contributed by atoms with Crippen molar-refractivity contribution in [1.82, 2.24) is 9.97 Å². The molecule has 124 valence electrons. The molecule has 24 heavy (non-hydrogen) atoms. The van der Waals surface area contributed by atoms with Gasteiger partial charge in [0.15, 0.2) is 0 Å². The van der Waals surface area contributed by atoms with E-state index in [0.717, 1.165) is 30.9 Å². The Kier molecular flexibility index (Phi) is 4.15. The molecule has 5 nitrogen and oxygen atoms in total. The zero-order chi connectivity index (χ0) is 16.4. The highest BCUT2D eigenvalue weighted by Gasteiger charge is 2.24. The van der Waals surface area contributed by atoms with Gasteiger partial charge in [0.1, 0.15) is 11.5 Å². The number of anilines is 2. The maximum absolute atomic E-state index is 12.8. The van der Waals surface area contributed by atoms with Crippen molar-refractivity contribution < 1.29 is 4.79 Å². The lowest BCUT2D eigenvalue weighted by Gasteiger charge is -2.29. The molecule has 2 heterocycles. The standard InChI is InChI=1S/C19H22N4O/c24-19(23-11-5-7-14-6-1-4-10-17(14)23)16-12-21-18(13-20-16)22-15-8-2-3-9-15/h1,4,6,10,12-13,15H,2-3,5,7-9,11H2,(H,21,22). The predicted molar refractivity (Wildman–Crippen MR) is 94.4 cm³/mol. The number of amides is 1. The Morgan fingerprint density at radius 1 is 1.08 bits per heavy atom. The lowest BCUT2D eigenvalue weighted by atomic mass is 10.0. The van der Waals surface area contributed by atoms with E-state index in [0.29, 0.717) is 11.7 Å². The lowest BCUT2D eigenvalue weighted by molar-refractivity contribution is 0.0980. The van der Waals surface area contributed by atoms with Crippen LogP contribution in [-0.2, 0) is 6.42 Å². The van der Waals surface area contributed by atoms with Gasteiger partial charge in [0.2, 0.25) is 0 Å². The lowest BCUT2D eigenvalue weighted by Crippen LogP contribution is -2.36. The first kappa shape index (κ1) is 15.1. The van der Waals surface area contributed by atoms with Crippen LogP contribution in [0.3, 0.4) is 0 Å². The first-order valence-corrected chi connectivity index (χ1v) is 8.79. The number of aryl methyl sites for hydroxylation is 1. The molecule has 2 aliphatic rings. The van der Waals surface area contributed by atoms with Crippen LogP contribution in [0, 0.1) is 0 Å². The second-order valence-corrected chi connectivity index (χ2v) is 6.60. The molecule has 2 aromatic rings. The van der Waals surface area contributed by atoms with Crippen molar-refractivity contribution in [2.24, 2.45) is 0 Å². The number of nitrogens with one attached hydrogen (secondary N) is 1. The Morgan fingerprint density at radius 2 is 1.92 bits per heavy atom. The van der Waals surface area contributed by atoms with E-state index in [1.165, 1.54) is 31.2 Å². The second-order valence-electron chi connectivity index (χ2n) is 6.60. The van der Waals surface area contributed by atoms with Gasteiger partial charge in [-0.3, -0.25) is 4.79 Å². The van der Waals surface area contributed by atoms with Crippen molar-refractivity contribution in [3.05, 3.63) is 47.9 Å². The summed E-state index contributed by atoms with van der Waals surface area (Å²) in [4.78, 5) is 23.4. The largest absolute Gasteiger partial charge is 0.366 e. The highest BCUT2D eigenvalue weighted by Crippen LogP contribution is 2.28. The summed E-state index contributed by atoms with van der Waals surface area (Å²) >= 11 is 0. The molecule has 1 fully saturated rings. The third kappa shape index (κ3) is 2.98. The zero-order valence-electron chi connectivity index (χ0n) is 13.7. The normalized spacial score (nSPS) is 17.6. The topological polar surface area (TPSA) is 58.1 Å². The average Bonchev–Trinajstić information content (AvgIpc) is 3.14. The predicted octanol–water partition coefficient (Wildman–Crippen LogP) is 3.42. The Morgan fingerprint density at radius 3 is 2.71 bits per heavy atom. The number of hydrogen-bond donors (Lipinski definition) is 1. The van der Waals surface area contributed by atoms with Crippen LogP contribution in [0.2, 0.25) is 0 Å². The van der Waals surface area contributed by atoms with Crippen LogP contribution in [0.15, 0.2) is 36.7 Å². The fourth-order valence-corrected chi connectivity index (χ4v) is 3.68. The minimum absolute atomic E-state index is 0.0675. The molecular weight excluding hydrogens is 300 g/mol. The number of rotatable bonds is 3. The summed E-state index contributed by atoms with van der Waals surface area (Å²) < 4.78 is 0. The quantitative estimate of drug-likeness (QED) is 0.940. The zero-order valence-corrected chi connectivity index (χ0v) is 13.7. The third-order valence-corrected chi connectivity index (χ3v) is 4.93. The smallest absolute Gasteiger partial charge is 0.278 e. The maximum atomic E-state index is 12.8. The van der Waals surface area contributed by atoms with Gasteiger partial charge in [0, 0.05) is 18.3 Å². The molecule has 0 unspecified atom stereocenters. The molecule has 5 heteroatoms. The number of carbonyl (C=O) groups is 1. The highest BCUT2D eigenvalue weighted by atomic mass is 16.2. The van der Waals surface area contributed by atoms with Gasteiger partial charge in [-0.25, -0.2) is 9.97 Å². The summed E-state index contributed by atoms with van der Waals surface area (Å²) in [5.41, 5.74) is 2.64. The van der Waals surface area contributed by atoms with Crippen molar-refractivity contribution in [3.8, 4) is 0 Å². The van der Waals surface area contributed by atoms with E-state index >= 15 is 0 Å². The number of para-hydroxylation sites is 1. The first-order chi connectivity index (χ1) is 11.8. The maximum Gasteiger partial charge on any atom is 0.278 e. The minimum Gasteiger partial charge on any atom is -0.366 e. The number of fused-ring (bicyclic) bond motifs is 1. The SMILES string of the molecule is O=C(c1cnc(NC2CCCC2)cn1)N1CCCc2ccccc21. The summed E-state index contributed by atoms with van der Waals surface area (Å²) in [7, 11) is 0. The van der Waals surface area contributed by atoms with E-state index in [9.17, 15) is 4.79 Å². The van der Waals surface area contributed by atoms with Crippen LogP contribution in [0.1, 0.15) is 48.2 Å². The van der Waals surface area contributed by atoms with Crippen LogP contribution >= 0.6 is 0 Å². The van der Waals surface area contributed by atoms with Crippen molar-refractivity contribution in [2.45, 2.75) is 44.6 Å². The molecule has 1 aromatic carbocycles. The third-order valence-electron chi connectivity index (χ3n) is 4.93. The van der Waals surface area contributed by atoms with Crippen LogP contribution in [0.25, 0.3) is 0 Å². The van der Waals surface area contributed by atoms with Gasteiger partial charge in [-0.1, -0.05) is 31.0 Å². The van der Waals surface area contributed by atoms with Gasteiger partial charge in [0.05, 0.1) is 12.4 Å². The molecule has 1 N–H and O–H groups in total. The summed E-state index contributed by atoms with van der Waals surface area (Å²) in [6, 6.07) is 8.60. The molecule has 1 amide bonds. The van der Waals surface area contributed by atoms with Gasteiger partial charge >= 0.3 is 0 Å². The van der Waals surface area contributed by atoms with E-state index in [1.54, 1.807) is 12.4 Å². The summed E-state index contributed by atoms with van der Waals surface area (Å²) in [6.45, 7) is 0.736. The van der Waals surface area contributed by atoms with E-state index in [2.05, 4.69) is 21.4 Å². The molecule has 1 saturated carbocycles. The second kappa shape index (κ2) is 6.59. The fraction of sp³-hybridized carbons (Fsp3) is 0.421. The number of hydrogen-bond acceptors (Lipinski definition) is 4. The molecule has 1 aliphatic heterocycles. The van der Waals surface area contributed by atoms with E-state index in [4.69, 9.17) is 0 Å². The molecule has 0 radical (unpaired) electrons. The van der Waals surface area contributed by atoms with Gasteiger partial charge < -0.3 is 10.2 Å². The highest BCUT2D eigenvalue weighted by molar-refractivity contribution is 6.05. The number of carbonyl (C=O) groups excluding carboxylic acids is 1. The number of nitrogens with zero attached hydrogens (tertiary/aromatic N) is 3. The fourth-order valence-electron chi connectivity index (χ4n) is 3.68. The van der Waals surface area contributed by atoms with Gasteiger partial charge in [-0.2, -0.15) is 0 Å². The van der Waals surface area contributed by atoms with Gasteiger partial charge in [-0.15, -0.1) is 0 Å². The van der Waals surface area contributed by atoms with Crippen LogP contribution in [0.4, 0.5) is 11.5 Å². The van der Waals surface area contributed by atoms with E-state index in [1.807, 2.05) is 23.1 Å². The van der Waals surface area contributed by atoms with Crippen molar-refractivity contribution in [2.75, 3.05) is 16.8 Å². The number of aromatic nitrogens is 2. The van der Waals surface area contributed by atoms with Crippen molar-refractivity contribution in [3.63, 3.8) is 0 Å². The number of benzene rings is 1. The summed E-state index contributed by atoms with van der Waals surface area (Å²) in [5.74, 6) is 0.694. The molecule has 1 aliphatic carbocycles. The average molecular weight is 322 g/mol. The van der Waals surface area contributed by atoms with Crippen molar-refractivity contribution >= 4 is 17.4 Å². The molecule has 0 bridgehead atoms. The Balaban J connectivity index is 1.50. The molecule has 0 spiro atoms. The monoisotopic (exact) mass is 322 g/mol. The van der Waals surface area contributed by atoms with Crippen molar-refractivity contribution in [1.29, 1.82) is 0 Å². The molecule has 1 aromatic heterocycles. The van der Waals surface area contributed by atoms with Crippen LogP contribution in [0.5, 0.6) is 0 Å². The minimum atomic E-state index is -0.0675. The van der Waals surface area contributed by atoms with Gasteiger partial charge in [-0.05, 0) is 37.3 Å². The Hall–Kier alpha value is -2.43. The first-order valence-electron chi connectivity index (χ1n) is 8.79. The Bertz CT molecular complexity index is 722. The van der Waals surface area contributed by atoms with Crippen LogP contribution < -0.4 is 10.2 Å². The molecule has 0 atom stereocenters. The molecule has 0 saturated heterocycles. The molecular formula is C19H22N4O. The Labute approximate surface area is 142 Å². The van der Waals surface area contributed by atoms with E-state index in [-0.39, 0.29) is 5.91 Å².